The van der Waals surface area contributed by atoms with Crippen LogP contribution in [0.2, 0.25) is 0 Å². The van der Waals surface area contributed by atoms with Crippen molar-refractivity contribution in [3.63, 3.8) is 0 Å². The van der Waals surface area contributed by atoms with Crippen LogP contribution in [0.3, 0.4) is 0 Å². The summed E-state index contributed by atoms with van der Waals surface area (Å²) in [4.78, 5) is 38.3. The SMILES string of the molecule is CCCCCCCCCCCCCC(=O)N1CCNC(=O)C1CC(=O)OCCOC. The molecule has 7 nitrogen and oxygen atoms in total. The van der Waals surface area contributed by atoms with Crippen LogP contribution in [-0.2, 0) is 23.9 Å². The van der Waals surface area contributed by atoms with Crippen molar-refractivity contribution in [1.82, 2.24) is 10.2 Å². The zero-order valence-corrected chi connectivity index (χ0v) is 19.1. The minimum Gasteiger partial charge on any atom is -0.463 e. The fourth-order valence-electron chi connectivity index (χ4n) is 3.76. The first-order valence-corrected chi connectivity index (χ1v) is 11.8. The van der Waals surface area contributed by atoms with Crippen molar-refractivity contribution in [2.45, 2.75) is 96.4 Å². The Balaban J connectivity index is 2.21. The van der Waals surface area contributed by atoms with Crippen LogP contribution in [0.5, 0.6) is 0 Å². The van der Waals surface area contributed by atoms with Gasteiger partial charge in [0.15, 0.2) is 0 Å². The van der Waals surface area contributed by atoms with E-state index in [1.165, 1.54) is 58.5 Å². The number of carbonyl (C=O) groups excluding carboxylic acids is 3. The van der Waals surface area contributed by atoms with Crippen molar-refractivity contribution >= 4 is 17.8 Å². The Labute approximate surface area is 182 Å². The van der Waals surface area contributed by atoms with Gasteiger partial charge in [-0.3, -0.25) is 14.4 Å². The number of hydrogen-bond donors (Lipinski definition) is 1. The standard InChI is InChI=1S/C23H42N2O5/c1-3-4-5-6-7-8-9-10-11-12-13-14-21(26)25-16-15-24-23(28)20(25)19-22(27)30-18-17-29-2/h20H,3-19H2,1-2H3,(H,24,28). The number of piperazine rings is 1. The van der Waals surface area contributed by atoms with Gasteiger partial charge in [0.05, 0.1) is 13.0 Å². The number of hydrogen-bond acceptors (Lipinski definition) is 5. The molecule has 2 amide bonds. The van der Waals surface area contributed by atoms with Crippen LogP contribution in [0.15, 0.2) is 0 Å². The van der Waals surface area contributed by atoms with Crippen LogP contribution >= 0.6 is 0 Å². The fraction of sp³-hybridized carbons (Fsp3) is 0.870. The summed E-state index contributed by atoms with van der Waals surface area (Å²) in [5.74, 6) is -0.811. The van der Waals surface area contributed by atoms with Gasteiger partial charge in [0.1, 0.15) is 12.6 Å². The molecule has 1 rings (SSSR count). The Morgan fingerprint density at radius 1 is 0.967 bits per heavy atom. The van der Waals surface area contributed by atoms with Gasteiger partial charge in [0.2, 0.25) is 11.8 Å². The van der Waals surface area contributed by atoms with E-state index >= 15 is 0 Å². The van der Waals surface area contributed by atoms with Crippen LogP contribution in [-0.4, -0.2) is 62.1 Å². The molecule has 7 heteroatoms. The second-order valence-corrected chi connectivity index (χ2v) is 8.10. The molecule has 1 aliphatic heterocycles. The highest BCUT2D eigenvalue weighted by molar-refractivity contribution is 5.91. The van der Waals surface area contributed by atoms with Crippen molar-refractivity contribution in [3.05, 3.63) is 0 Å². The van der Waals surface area contributed by atoms with E-state index in [2.05, 4.69) is 12.2 Å². The van der Waals surface area contributed by atoms with Gasteiger partial charge in [-0.25, -0.2) is 0 Å². The molecule has 0 aliphatic carbocycles. The number of methoxy groups -OCH3 is 1. The quantitative estimate of drug-likeness (QED) is 0.284. The van der Waals surface area contributed by atoms with Crippen LogP contribution < -0.4 is 5.32 Å². The Morgan fingerprint density at radius 3 is 2.17 bits per heavy atom. The van der Waals surface area contributed by atoms with Gasteiger partial charge in [-0.05, 0) is 6.42 Å². The van der Waals surface area contributed by atoms with Crippen LogP contribution in [0.1, 0.15) is 90.4 Å². The third kappa shape index (κ3) is 11.5. The van der Waals surface area contributed by atoms with E-state index < -0.39 is 12.0 Å². The fourth-order valence-corrected chi connectivity index (χ4v) is 3.76. The van der Waals surface area contributed by atoms with Crippen molar-refractivity contribution < 1.29 is 23.9 Å². The molecule has 0 aromatic carbocycles. The molecule has 0 bridgehead atoms. The number of carbonyl (C=O) groups is 3. The summed E-state index contributed by atoms with van der Waals surface area (Å²) in [5.41, 5.74) is 0. The summed E-state index contributed by atoms with van der Waals surface area (Å²) in [7, 11) is 1.53. The lowest BCUT2D eigenvalue weighted by atomic mass is 10.0. The van der Waals surface area contributed by atoms with Gasteiger partial charge in [-0.2, -0.15) is 0 Å². The maximum atomic E-state index is 12.6. The highest BCUT2D eigenvalue weighted by atomic mass is 16.6. The number of nitrogens with one attached hydrogen (secondary N) is 1. The topological polar surface area (TPSA) is 84.9 Å². The minimum absolute atomic E-state index is 0.0459. The van der Waals surface area contributed by atoms with Gasteiger partial charge in [0, 0.05) is 26.6 Å². The molecule has 1 heterocycles. The number of nitrogens with zero attached hydrogens (tertiary/aromatic N) is 1. The van der Waals surface area contributed by atoms with E-state index in [9.17, 15) is 14.4 Å². The van der Waals surface area contributed by atoms with E-state index in [1.807, 2.05) is 0 Å². The molecular formula is C23H42N2O5. The largest absolute Gasteiger partial charge is 0.463 e. The molecule has 174 valence electrons. The van der Waals surface area contributed by atoms with E-state index in [4.69, 9.17) is 9.47 Å². The van der Waals surface area contributed by atoms with Crippen LogP contribution in [0, 0.1) is 0 Å². The number of unbranched alkanes of at least 4 members (excludes halogenated alkanes) is 10. The van der Waals surface area contributed by atoms with Gasteiger partial charge < -0.3 is 19.7 Å². The van der Waals surface area contributed by atoms with E-state index in [1.54, 1.807) is 4.90 Å². The van der Waals surface area contributed by atoms with Crippen molar-refractivity contribution in [1.29, 1.82) is 0 Å². The summed E-state index contributed by atoms with van der Waals surface area (Å²) in [6, 6.07) is -0.769. The number of esters is 1. The second kappa shape index (κ2) is 17.1. The van der Waals surface area contributed by atoms with Crippen molar-refractivity contribution in [3.8, 4) is 0 Å². The molecule has 0 saturated carbocycles. The first-order chi connectivity index (χ1) is 14.6. The summed E-state index contributed by atoms with van der Waals surface area (Å²) >= 11 is 0. The predicted molar refractivity (Wildman–Crippen MR) is 117 cm³/mol. The lowest BCUT2D eigenvalue weighted by Crippen LogP contribution is -2.57. The normalized spacial score (nSPS) is 16.4. The molecule has 30 heavy (non-hydrogen) atoms. The zero-order valence-electron chi connectivity index (χ0n) is 19.1. The number of amides is 2. The van der Waals surface area contributed by atoms with Gasteiger partial charge in [-0.15, -0.1) is 0 Å². The lowest BCUT2D eigenvalue weighted by molar-refractivity contribution is -0.152. The highest BCUT2D eigenvalue weighted by Crippen LogP contribution is 2.15. The Kier molecular flexibility index (Phi) is 15.0. The number of ether oxygens (including phenoxy) is 2. The first kappa shape index (κ1) is 26.4. The summed E-state index contributed by atoms with van der Waals surface area (Å²) < 4.78 is 9.90. The van der Waals surface area contributed by atoms with E-state index in [0.717, 1.165) is 19.3 Å². The number of rotatable bonds is 17. The van der Waals surface area contributed by atoms with Gasteiger partial charge in [0.25, 0.3) is 0 Å². The third-order valence-electron chi connectivity index (χ3n) is 5.56. The van der Waals surface area contributed by atoms with Gasteiger partial charge in [-0.1, -0.05) is 71.1 Å². The third-order valence-corrected chi connectivity index (χ3v) is 5.56. The van der Waals surface area contributed by atoms with E-state index in [-0.39, 0.29) is 24.8 Å². The zero-order chi connectivity index (χ0) is 22.0. The predicted octanol–water partition coefficient (Wildman–Crippen LogP) is 3.59. The maximum Gasteiger partial charge on any atom is 0.308 e. The highest BCUT2D eigenvalue weighted by Gasteiger charge is 2.34. The van der Waals surface area contributed by atoms with Crippen molar-refractivity contribution in [2.75, 3.05) is 33.4 Å². The van der Waals surface area contributed by atoms with Crippen LogP contribution in [0.25, 0.3) is 0 Å². The molecule has 0 spiro atoms. The Morgan fingerprint density at radius 2 is 1.57 bits per heavy atom. The molecule has 1 aliphatic rings. The molecular weight excluding hydrogens is 384 g/mol. The summed E-state index contributed by atoms with van der Waals surface area (Å²) in [5, 5.41) is 2.74. The monoisotopic (exact) mass is 426 g/mol. The second-order valence-electron chi connectivity index (χ2n) is 8.10. The van der Waals surface area contributed by atoms with Crippen molar-refractivity contribution in [2.24, 2.45) is 0 Å². The molecule has 1 atom stereocenters. The molecule has 1 unspecified atom stereocenters. The molecule has 1 N–H and O–H groups in total. The Hall–Kier alpha value is -1.63. The maximum absolute atomic E-state index is 12.6. The first-order valence-electron chi connectivity index (χ1n) is 11.8. The molecule has 0 aromatic rings. The molecule has 0 radical (unpaired) electrons. The minimum atomic E-state index is -0.769. The lowest BCUT2D eigenvalue weighted by Gasteiger charge is -2.34. The van der Waals surface area contributed by atoms with Crippen LogP contribution in [0.4, 0.5) is 0 Å². The van der Waals surface area contributed by atoms with E-state index in [0.29, 0.717) is 26.1 Å². The summed E-state index contributed by atoms with van der Waals surface area (Å²) in [6.45, 7) is 3.57. The molecule has 0 aromatic heterocycles. The van der Waals surface area contributed by atoms with Gasteiger partial charge >= 0.3 is 5.97 Å². The molecule has 1 saturated heterocycles. The Bertz CT molecular complexity index is 498. The average molecular weight is 427 g/mol. The average Bonchev–Trinajstić information content (AvgIpc) is 2.73. The smallest absolute Gasteiger partial charge is 0.308 e. The molecule has 1 fully saturated rings. The summed E-state index contributed by atoms with van der Waals surface area (Å²) in [6.07, 6.45) is 13.8.